The minimum absolute atomic E-state index is 0.726. The highest BCUT2D eigenvalue weighted by Gasteiger charge is 2.23. The van der Waals surface area contributed by atoms with Crippen LogP contribution in [-0.4, -0.2) is 79.6 Å². The van der Waals surface area contributed by atoms with Gasteiger partial charge in [-0.05, 0) is 44.3 Å². The Morgan fingerprint density at radius 1 is 1.04 bits per heavy atom. The number of aliphatic imine (C=N–C) groups is 1. The second kappa shape index (κ2) is 10.7. The Morgan fingerprint density at radius 2 is 1.81 bits per heavy atom. The van der Waals surface area contributed by atoms with Crippen molar-refractivity contribution >= 4 is 5.96 Å². The van der Waals surface area contributed by atoms with Crippen LogP contribution in [0.2, 0.25) is 0 Å². The summed E-state index contributed by atoms with van der Waals surface area (Å²) >= 11 is 0. The van der Waals surface area contributed by atoms with Gasteiger partial charge in [0.15, 0.2) is 5.96 Å². The first-order valence-electron chi connectivity index (χ1n) is 10.8. The molecule has 1 aromatic rings. The molecule has 0 amide bonds. The molecule has 1 unspecified atom stereocenters. The lowest BCUT2D eigenvalue weighted by molar-refractivity contribution is 0.172. The molecule has 1 N–H and O–H groups in total. The number of guanidine groups is 1. The third kappa shape index (κ3) is 6.22. The van der Waals surface area contributed by atoms with Gasteiger partial charge in [0.1, 0.15) is 0 Å². The van der Waals surface area contributed by atoms with Crippen LogP contribution in [0.25, 0.3) is 0 Å². The predicted molar refractivity (Wildman–Crippen MR) is 114 cm³/mol. The van der Waals surface area contributed by atoms with Crippen molar-refractivity contribution in [3.63, 3.8) is 0 Å². The Morgan fingerprint density at radius 3 is 2.52 bits per heavy atom. The number of benzene rings is 1. The molecule has 27 heavy (non-hydrogen) atoms. The van der Waals surface area contributed by atoms with Crippen LogP contribution in [0.4, 0.5) is 0 Å². The largest absolute Gasteiger partial charge is 0.357 e. The first kappa shape index (κ1) is 20.2. The van der Waals surface area contributed by atoms with E-state index in [-0.39, 0.29) is 0 Å². The second-order valence-electron chi connectivity index (χ2n) is 7.90. The van der Waals surface area contributed by atoms with Crippen molar-refractivity contribution < 1.29 is 0 Å². The summed E-state index contributed by atoms with van der Waals surface area (Å²) in [5.41, 5.74) is 1.41. The third-order valence-corrected chi connectivity index (χ3v) is 5.66. The molecule has 0 aromatic heterocycles. The van der Waals surface area contributed by atoms with Gasteiger partial charge in [0.2, 0.25) is 0 Å². The first-order chi connectivity index (χ1) is 13.3. The molecular formula is C22H37N5. The number of piperazine rings is 1. The van der Waals surface area contributed by atoms with Crippen LogP contribution < -0.4 is 5.32 Å². The molecule has 5 nitrogen and oxygen atoms in total. The molecule has 5 heteroatoms. The van der Waals surface area contributed by atoms with Gasteiger partial charge in [-0.15, -0.1) is 0 Å². The lowest BCUT2D eigenvalue weighted by Gasteiger charge is -2.36. The Hall–Kier alpha value is -1.59. The summed E-state index contributed by atoms with van der Waals surface area (Å²) < 4.78 is 0. The van der Waals surface area contributed by atoms with Crippen molar-refractivity contribution in [2.45, 2.75) is 33.2 Å². The number of rotatable bonds is 7. The Labute approximate surface area is 165 Å². The fourth-order valence-corrected chi connectivity index (χ4v) is 4.18. The Bertz CT molecular complexity index is 565. The molecule has 0 spiro atoms. The average molecular weight is 372 g/mol. The molecule has 0 bridgehead atoms. The molecule has 2 aliphatic rings. The van der Waals surface area contributed by atoms with Crippen LogP contribution in [-0.2, 0) is 6.54 Å². The van der Waals surface area contributed by atoms with Crippen molar-refractivity contribution in [3.05, 3.63) is 35.9 Å². The summed E-state index contributed by atoms with van der Waals surface area (Å²) in [6.45, 7) is 15.4. The van der Waals surface area contributed by atoms with Gasteiger partial charge in [0.25, 0.3) is 0 Å². The lowest BCUT2D eigenvalue weighted by atomic mass is 10.1. The van der Waals surface area contributed by atoms with Crippen molar-refractivity contribution in [1.82, 2.24) is 20.0 Å². The van der Waals surface area contributed by atoms with Gasteiger partial charge in [-0.3, -0.25) is 9.89 Å². The zero-order valence-electron chi connectivity index (χ0n) is 17.2. The third-order valence-electron chi connectivity index (χ3n) is 5.66. The molecule has 150 valence electrons. The monoisotopic (exact) mass is 371 g/mol. The molecule has 2 heterocycles. The normalized spacial score (nSPS) is 22.4. The molecule has 1 atom stereocenters. The van der Waals surface area contributed by atoms with Gasteiger partial charge in [0, 0.05) is 52.4 Å². The van der Waals surface area contributed by atoms with Crippen LogP contribution >= 0.6 is 0 Å². The summed E-state index contributed by atoms with van der Waals surface area (Å²) in [4.78, 5) is 12.6. The molecule has 2 aliphatic heterocycles. The van der Waals surface area contributed by atoms with Crippen LogP contribution in [0, 0.1) is 5.92 Å². The number of nitrogens with zero attached hydrogens (tertiary/aromatic N) is 4. The van der Waals surface area contributed by atoms with Gasteiger partial charge in [-0.1, -0.05) is 37.3 Å². The highest BCUT2D eigenvalue weighted by atomic mass is 15.3. The second-order valence-corrected chi connectivity index (χ2v) is 7.90. The minimum Gasteiger partial charge on any atom is -0.357 e. The van der Waals surface area contributed by atoms with E-state index in [4.69, 9.17) is 4.99 Å². The van der Waals surface area contributed by atoms with E-state index in [0.717, 1.165) is 57.7 Å². The minimum atomic E-state index is 0.726. The van der Waals surface area contributed by atoms with E-state index in [0.29, 0.717) is 0 Å². The van der Waals surface area contributed by atoms with E-state index >= 15 is 0 Å². The summed E-state index contributed by atoms with van der Waals surface area (Å²) in [5, 5.41) is 3.52. The van der Waals surface area contributed by atoms with Gasteiger partial charge in [-0.25, -0.2) is 0 Å². The molecule has 3 rings (SSSR count). The number of likely N-dealkylation sites (tertiary alicyclic amines) is 1. The molecular weight excluding hydrogens is 334 g/mol. The zero-order chi connectivity index (χ0) is 18.9. The van der Waals surface area contributed by atoms with Crippen molar-refractivity contribution in [1.29, 1.82) is 0 Å². The van der Waals surface area contributed by atoms with E-state index in [1.165, 1.54) is 38.0 Å². The molecule has 2 fully saturated rings. The fraction of sp³-hybridized carbons (Fsp3) is 0.682. The summed E-state index contributed by atoms with van der Waals surface area (Å²) in [5.74, 6) is 1.84. The smallest absolute Gasteiger partial charge is 0.194 e. The molecule has 2 saturated heterocycles. The van der Waals surface area contributed by atoms with Crippen molar-refractivity contribution in [2.24, 2.45) is 10.9 Å². The Kier molecular flexibility index (Phi) is 7.96. The van der Waals surface area contributed by atoms with Gasteiger partial charge < -0.3 is 15.1 Å². The van der Waals surface area contributed by atoms with E-state index in [1.54, 1.807) is 0 Å². The van der Waals surface area contributed by atoms with Crippen molar-refractivity contribution in [2.75, 3.05) is 58.9 Å². The van der Waals surface area contributed by atoms with Crippen LogP contribution in [0.15, 0.2) is 35.3 Å². The maximum Gasteiger partial charge on any atom is 0.194 e. The quantitative estimate of drug-likeness (QED) is 0.590. The van der Waals surface area contributed by atoms with E-state index in [2.05, 4.69) is 64.2 Å². The topological polar surface area (TPSA) is 34.1 Å². The van der Waals surface area contributed by atoms with E-state index in [1.807, 2.05) is 0 Å². The maximum absolute atomic E-state index is 5.01. The highest BCUT2D eigenvalue weighted by molar-refractivity contribution is 5.80. The highest BCUT2D eigenvalue weighted by Crippen LogP contribution is 2.17. The molecule has 1 aromatic carbocycles. The van der Waals surface area contributed by atoms with Crippen LogP contribution in [0.3, 0.4) is 0 Å². The standard InChI is InChI=1S/C22H37N5/c1-3-11-25-12-10-21(19-25)17-24-22(23-4-2)27-15-13-26(14-16-27)18-20-8-6-5-7-9-20/h5-9,21H,3-4,10-19H2,1-2H3,(H,23,24). The summed E-state index contributed by atoms with van der Waals surface area (Å²) in [6.07, 6.45) is 2.56. The lowest BCUT2D eigenvalue weighted by Crippen LogP contribution is -2.52. The van der Waals surface area contributed by atoms with E-state index in [9.17, 15) is 0 Å². The Balaban J connectivity index is 1.47. The first-order valence-corrected chi connectivity index (χ1v) is 10.8. The summed E-state index contributed by atoms with van der Waals surface area (Å²) in [7, 11) is 0. The van der Waals surface area contributed by atoms with Crippen LogP contribution in [0.1, 0.15) is 32.3 Å². The zero-order valence-corrected chi connectivity index (χ0v) is 17.2. The summed E-state index contributed by atoms with van der Waals surface area (Å²) in [6, 6.07) is 10.8. The van der Waals surface area contributed by atoms with Crippen molar-refractivity contribution in [3.8, 4) is 0 Å². The molecule has 0 radical (unpaired) electrons. The predicted octanol–water partition coefficient (Wildman–Crippen LogP) is 2.50. The average Bonchev–Trinajstić information content (AvgIpc) is 3.14. The number of hydrogen-bond donors (Lipinski definition) is 1. The van der Waals surface area contributed by atoms with Gasteiger partial charge >= 0.3 is 0 Å². The molecule has 0 saturated carbocycles. The maximum atomic E-state index is 5.01. The number of nitrogens with one attached hydrogen (secondary N) is 1. The van der Waals surface area contributed by atoms with Gasteiger partial charge in [0.05, 0.1) is 0 Å². The fourth-order valence-electron chi connectivity index (χ4n) is 4.18. The van der Waals surface area contributed by atoms with E-state index < -0.39 is 0 Å². The SMILES string of the molecule is CCCN1CCC(CN=C(NCC)N2CCN(Cc3ccccc3)CC2)C1. The number of hydrogen-bond acceptors (Lipinski definition) is 3. The van der Waals surface area contributed by atoms with Crippen LogP contribution in [0.5, 0.6) is 0 Å². The van der Waals surface area contributed by atoms with Gasteiger partial charge in [-0.2, -0.15) is 0 Å². The molecule has 0 aliphatic carbocycles.